The van der Waals surface area contributed by atoms with Gasteiger partial charge < -0.3 is 30.3 Å². The van der Waals surface area contributed by atoms with E-state index < -0.39 is 64.5 Å². The molecule has 55 heavy (non-hydrogen) atoms. The number of carbonyl (C=O) groups excluding carboxylic acids is 3. The Hall–Kier alpha value is -3.79. The number of alkyl halides is 3. The average Bonchev–Trinajstić information content (AvgIpc) is 3.31. The third-order valence-corrected chi connectivity index (χ3v) is 10.6. The van der Waals surface area contributed by atoms with Crippen LogP contribution in [0.4, 0.5) is 27.8 Å². The largest absolute Gasteiger partial charge is 0.476 e. The Morgan fingerprint density at radius 1 is 0.873 bits per heavy atom. The lowest BCUT2D eigenvalue weighted by Gasteiger charge is -2.49. The number of nitrogens with one attached hydrogen (secondary N) is 3. The van der Waals surface area contributed by atoms with E-state index in [9.17, 15) is 36.3 Å². The first kappa shape index (κ1) is 42.4. The Bertz CT molecular complexity index is 1990. The number of hydrogen-bond donors (Lipinski definition) is 3. The van der Waals surface area contributed by atoms with Crippen LogP contribution >= 0.6 is 46.4 Å². The Labute approximate surface area is 333 Å². The standard InChI is InChI=1S/C36H36Cl4F5N5O5/c1-17(36(43,44)45)47-30(51)18-6-7-29(46-16-18)50-20-8-9-35(50,49-32(53)34(4,5)55-28-14-26(42)22(38)12-24(28)40)15-19(10-20)48-31(52)33(2,3)54-27-13-25(41)21(37)11-23(27)39/h6-7,11-14,16-17,19-20H,8-10,15H2,1-5H3,(H,47,51)(H,48,52)(H,49,53)/t17-,19?,20?,35?/m0/s1. The number of anilines is 1. The van der Waals surface area contributed by atoms with Crippen molar-refractivity contribution >= 4 is 69.9 Å². The maximum atomic E-state index is 14.3. The minimum Gasteiger partial charge on any atom is -0.476 e. The minimum absolute atomic E-state index is 0.0152. The normalized spacial score (nSPS) is 20.4. The van der Waals surface area contributed by atoms with Crippen molar-refractivity contribution in [3.05, 3.63) is 79.9 Å². The average molecular weight is 856 g/mol. The zero-order chi connectivity index (χ0) is 40.8. The molecule has 5 rings (SSSR count). The van der Waals surface area contributed by atoms with E-state index >= 15 is 0 Å². The van der Waals surface area contributed by atoms with Crippen LogP contribution in [0.5, 0.6) is 11.5 Å². The topological polar surface area (TPSA) is 122 Å². The number of hydrogen-bond acceptors (Lipinski definition) is 7. The number of fused-ring (bicyclic) bond motifs is 2. The molecule has 298 valence electrons. The van der Waals surface area contributed by atoms with Crippen molar-refractivity contribution in [2.75, 3.05) is 4.90 Å². The predicted molar refractivity (Wildman–Crippen MR) is 197 cm³/mol. The van der Waals surface area contributed by atoms with Crippen molar-refractivity contribution < 1.29 is 45.8 Å². The maximum Gasteiger partial charge on any atom is 0.408 e. The third-order valence-electron chi connectivity index (χ3n) is 9.41. The van der Waals surface area contributed by atoms with Crippen LogP contribution in [0.3, 0.4) is 0 Å². The van der Waals surface area contributed by atoms with Crippen molar-refractivity contribution in [1.82, 2.24) is 20.9 Å². The van der Waals surface area contributed by atoms with Gasteiger partial charge in [0.15, 0.2) is 11.2 Å². The highest BCUT2D eigenvalue weighted by molar-refractivity contribution is 6.36. The highest BCUT2D eigenvalue weighted by atomic mass is 35.5. The van der Waals surface area contributed by atoms with Gasteiger partial charge in [0, 0.05) is 36.8 Å². The fourth-order valence-corrected chi connectivity index (χ4v) is 7.33. The van der Waals surface area contributed by atoms with E-state index in [1.807, 2.05) is 10.2 Å². The van der Waals surface area contributed by atoms with E-state index in [4.69, 9.17) is 55.9 Å². The van der Waals surface area contributed by atoms with Crippen LogP contribution in [0.15, 0.2) is 42.6 Å². The Morgan fingerprint density at radius 3 is 1.93 bits per heavy atom. The van der Waals surface area contributed by atoms with Gasteiger partial charge in [-0.2, -0.15) is 13.2 Å². The summed E-state index contributed by atoms with van der Waals surface area (Å²) < 4.78 is 79.5. The van der Waals surface area contributed by atoms with Crippen molar-refractivity contribution in [3.63, 3.8) is 0 Å². The molecule has 0 saturated carbocycles. The first-order chi connectivity index (χ1) is 25.4. The van der Waals surface area contributed by atoms with Gasteiger partial charge in [0.1, 0.15) is 40.7 Å². The van der Waals surface area contributed by atoms with Crippen LogP contribution < -0.4 is 30.3 Å². The van der Waals surface area contributed by atoms with Crippen LogP contribution in [-0.2, 0) is 9.59 Å². The van der Waals surface area contributed by atoms with Crippen molar-refractivity contribution in [1.29, 1.82) is 0 Å². The molecule has 2 saturated heterocycles. The fraction of sp³-hybridized carbons (Fsp3) is 0.444. The number of ether oxygens (including phenoxy) is 2. The van der Waals surface area contributed by atoms with Crippen molar-refractivity contribution in [3.8, 4) is 11.5 Å². The molecule has 2 bridgehead atoms. The number of rotatable bonds is 11. The maximum absolute atomic E-state index is 14.3. The molecule has 2 aromatic carbocycles. The molecule has 2 aliphatic heterocycles. The van der Waals surface area contributed by atoms with Crippen LogP contribution in [0.1, 0.15) is 70.7 Å². The lowest BCUT2D eigenvalue weighted by Crippen LogP contribution is -2.68. The molecule has 1 aromatic heterocycles. The summed E-state index contributed by atoms with van der Waals surface area (Å²) in [5.41, 5.74) is -4.60. The summed E-state index contributed by atoms with van der Waals surface area (Å²) in [5, 5.41) is 7.40. The van der Waals surface area contributed by atoms with E-state index in [1.165, 1.54) is 39.8 Å². The van der Waals surface area contributed by atoms with E-state index in [1.54, 1.807) is 0 Å². The Morgan fingerprint density at radius 2 is 1.42 bits per heavy atom. The van der Waals surface area contributed by atoms with Gasteiger partial charge in [0.25, 0.3) is 17.7 Å². The quantitative estimate of drug-likeness (QED) is 0.131. The molecule has 10 nitrogen and oxygen atoms in total. The van der Waals surface area contributed by atoms with Gasteiger partial charge in [-0.05, 0) is 78.1 Å². The molecule has 19 heteroatoms. The van der Waals surface area contributed by atoms with E-state index in [-0.39, 0.29) is 55.4 Å². The first-order valence-electron chi connectivity index (χ1n) is 16.9. The lowest BCUT2D eigenvalue weighted by atomic mass is 9.90. The second kappa shape index (κ2) is 15.6. The molecule has 4 atom stereocenters. The Balaban J connectivity index is 1.42. The highest BCUT2D eigenvalue weighted by Crippen LogP contribution is 2.46. The summed E-state index contributed by atoms with van der Waals surface area (Å²) in [6, 6.07) is 3.95. The van der Waals surface area contributed by atoms with E-state index in [0.29, 0.717) is 19.3 Å². The van der Waals surface area contributed by atoms with Crippen LogP contribution in [0.2, 0.25) is 20.1 Å². The van der Waals surface area contributed by atoms with Gasteiger partial charge in [-0.3, -0.25) is 14.4 Å². The monoisotopic (exact) mass is 853 g/mol. The van der Waals surface area contributed by atoms with Gasteiger partial charge in [-0.15, -0.1) is 0 Å². The van der Waals surface area contributed by atoms with Crippen LogP contribution in [-0.4, -0.2) is 63.9 Å². The molecule has 2 fully saturated rings. The number of piperidine rings is 1. The first-order valence-corrected chi connectivity index (χ1v) is 18.4. The highest BCUT2D eigenvalue weighted by Gasteiger charge is 2.55. The summed E-state index contributed by atoms with van der Waals surface area (Å²) in [6.45, 7) is 6.63. The lowest BCUT2D eigenvalue weighted by molar-refractivity contribution is -0.149. The number of pyridine rings is 1. The Kier molecular flexibility index (Phi) is 12.0. The SMILES string of the molecule is C[C@H](NC(=O)c1ccc(N2C3CCC2(NC(=O)C(C)(C)Oc2cc(F)c(Cl)cc2Cl)CC(NC(=O)C(C)(C)Oc2cc(F)c(Cl)cc2Cl)C3)nc1)C(F)(F)F. The van der Waals surface area contributed by atoms with Crippen molar-refractivity contribution in [2.45, 2.75) is 101 Å². The number of benzene rings is 2. The second-order valence-electron chi connectivity index (χ2n) is 14.4. The molecular weight excluding hydrogens is 819 g/mol. The molecule has 3 aromatic rings. The van der Waals surface area contributed by atoms with Gasteiger partial charge in [-0.1, -0.05) is 46.4 Å². The summed E-state index contributed by atoms with van der Waals surface area (Å²) in [4.78, 5) is 46.7. The number of aromatic nitrogens is 1. The molecule has 3 amide bonds. The van der Waals surface area contributed by atoms with E-state index in [0.717, 1.165) is 37.4 Å². The van der Waals surface area contributed by atoms with Gasteiger partial charge in [-0.25, -0.2) is 13.8 Å². The molecule has 0 aliphatic carbocycles. The molecule has 3 unspecified atom stereocenters. The second-order valence-corrected chi connectivity index (χ2v) is 16.0. The van der Waals surface area contributed by atoms with Gasteiger partial charge >= 0.3 is 6.18 Å². The number of nitrogens with zero attached hydrogens (tertiary/aromatic N) is 2. The summed E-state index contributed by atoms with van der Waals surface area (Å²) >= 11 is 24.1. The summed E-state index contributed by atoms with van der Waals surface area (Å²) in [6.07, 6.45) is -2.23. The van der Waals surface area contributed by atoms with Crippen molar-refractivity contribution in [2.24, 2.45) is 0 Å². The smallest absolute Gasteiger partial charge is 0.408 e. The molecular formula is C36H36Cl4F5N5O5. The van der Waals surface area contributed by atoms with E-state index in [2.05, 4.69) is 15.6 Å². The summed E-state index contributed by atoms with van der Waals surface area (Å²) in [7, 11) is 0. The zero-order valence-corrected chi connectivity index (χ0v) is 33.0. The van der Waals surface area contributed by atoms with Crippen LogP contribution in [0, 0.1) is 11.6 Å². The van der Waals surface area contributed by atoms with Crippen LogP contribution in [0.25, 0.3) is 0 Å². The summed E-state index contributed by atoms with van der Waals surface area (Å²) in [5.74, 6) is -3.81. The third kappa shape index (κ3) is 9.27. The molecule has 0 spiro atoms. The number of carbonyl (C=O) groups is 3. The zero-order valence-electron chi connectivity index (χ0n) is 29.9. The van der Waals surface area contributed by atoms with Gasteiger partial charge in [0.2, 0.25) is 0 Å². The fourth-order valence-electron chi connectivity index (χ4n) is 6.49. The molecule has 3 N–H and O–H groups in total. The van der Waals surface area contributed by atoms with Gasteiger partial charge in [0.05, 0.1) is 25.7 Å². The minimum atomic E-state index is -4.65. The predicted octanol–water partition coefficient (Wildman–Crippen LogP) is 8.43. The molecule has 2 aliphatic rings. The molecule has 3 heterocycles. The number of amides is 3. The number of halogens is 9. The molecule has 0 radical (unpaired) electrons.